The number of hydrogen-bond donors (Lipinski definition) is 0. The third kappa shape index (κ3) is 2.44. The van der Waals surface area contributed by atoms with E-state index in [1.807, 2.05) is 13.0 Å². The lowest BCUT2D eigenvalue weighted by Gasteiger charge is -2.06. The number of halogens is 3. The second-order valence-corrected chi connectivity index (χ2v) is 4.79. The van der Waals surface area contributed by atoms with Gasteiger partial charge in [-0.15, -0.1) is 11.6 Å². The van der Waals surface area contributed by atoms with Gasteiger partial charge in [0.05, 0.1) is 5.88 Å². The maximum absolute atomic E-state index is 11.3. The van der Waals surface area contributed by atoms with E-state index in [0.717, 1.165) is 13.6 Å². The molecule has 0 saturated carbocycles. The monoisotopic (exact) mass is 372 g/mol. The molecule has 0 heterocycles. The van der Waals surface area contributed by atoms with Crippen LogP contribution in [0.25, 0.3) is 0 Å². The Labute approximate surface area is 104 Å². The summed E-state index contributed by atoms with van der Waals surface area (Å²) in [5.41, 5.74) is 1.79. The van der Waals surface area contributed by atoms with Gasteiger partial charge < -0.3 is 0 Å². The van der Waals surface area contributed by atoms with Gasteiger partial charge in [-0.1, -0.05) is 15.9 Å². The molecule has 0 N–H and O–H groups in total. The standard InChI is InChI=1S/C9H7BrClIO/c1-5-7(10)3-2-6(9(5)12)8(13)4-11/h2-3H,4H2,1H3. The van der Waals surface area contributed by atoms with Crippen LogP contribution in [-0.4, -0.2) is 11.7 Å². The van der Waals surface area contributed by atoms with Crippen LogP contribution in [0.4, 0.5) is 0 Å². The quantitative estimate of drug-likeness (QED) is 0.438. The fourth-order valence-electron chi connectivity index (χ4n) is 0.949. The Hall–Kier alpha value is 0.390. The highest BCUT2D eigenvalue weighted by atomic mass is 127. The average Bonchev–Trinajstić information content (AvgIpc) is 2.13. The summed E-state index contributed by atoms with van der Waals surface area (Å²) in [5, 5.41) is 0. The first kappa shape index (κ1) is 11.5. The molecule has 1 aromatic carbocycles. The van der Waals surface area contributed by atoms with Crippen molar-refractivity contribution in [1.29, 1.82) is 0 Å². The van der Waals surface area contributed by atoms with E-state index in [1.54, 1.807) is 6.07 Å². The Morgan fingerprint density at radius 2 is 2.23 bits per heavy atom. The van der Waals surface area contributed by atoms with Gasteiger partial charge in [-0.2, -0.15) is 0 Å². The van der Waals surface area contributed by atoms with E-state index in [9.17, 15) is 4.79 Å². The van der Waals surface area contributed by atoms with Gasteiger partial charge in [0.25, 0.3) is 0 Å². The summed E-state index contributed by atoms with van der Waals surface area (Å²) in [6, 6.07) is 3.67. The third-order valence-electron chi connectivity index (χ3n) is 1.74. The molecule has 1 rings (SSSR count). The van der Waals surface area contributed by atoms with Gasteiger partial charge >= 0.3 is 0 Å². The first-order valence-electron chi connectivity index (χ1n) is 3.61. The number of carbonyl (C=O) groups excluding carboxylic acids is 1. The normalized spacial score (nSPS) is 10.2. The molecule has 0 radical (unpaired) electrons. The van der Waals surface area contributed by atoms with E-state index in [1.165, 1.54) is 0 Å². The first-order valence-corrected chi connectivity index (χ1v) is 6.02. The zero-order valence-corrected chi connectivity index (χ0v) is 11.4. The molecule has 0 bridgehead atoms. The van der Waals surface area contributed by atoms with E-state index in [2.05, 4.69) is 38.5 Å². The molecule has 0 aromatic heterocycles. The molecular formula is C9H7BrClIO. The topological polar surface area (TPSA) is 17.1 Å². The van der Waals surface area contributed by atoms with Crippen LogP contribution >= 0.6 is 50.1 Å². The number of benzene rings is 1. The summed E-state index contributed by atoms with van der Waals surface area (Å²) in [7, 11) is 0. The van der Waals surface area contributed by atoms with Gasteiger partial charge in [-0.3, -0.25) is 4.79 Å². The summed E-state index contributed by atoms with van der Waals surface area (Å²) in [4.78, 5) is 11.3. The molecule has 70 valence electrons. The van der Waals surface area contributed by atoms with E-state index < -0.39 is 0 Å². The Balaban J connectivity index is 3.26. The summed E-state index contributed by atoms with van der Waals surface area (Å²) in [6.07, 6.45) is 0. The SMILES string of the molecule is Cc1c(Br)ccc(C(=O)CCl)c1I. The summed E-state index contributed by atoms with van der Waals surface area (Å²) >= 11 is 11.0. The van der Waals surface area contributed by atoms with E-state index in [-0.39, 0.29) is 11.7 Å². The minimum Gasteiger partial charge on any atom is -0.293 e. The smallest absolute Gasteiger partial charge is 0.178 e. The predicted molar refractivity (Wildman–Crippen MR) is 66.6 cm³/mol. The molecule has 0 aliphatic carbocycles. The van der Waals surface area contributed by atoms with Gasteiger partial charge in [0, 0.05) is 13.6 Å². The van der Waals surface area contributed by atoms with Crippen molar-refractivity contribution in [2.24, 2.45) is 0 Å². The highest BCUT2D eigenvalue weighted by Crippen LogP contribution is 2.25. The Kier molecular flexibility index (Phi) is 4.19. The molecular weight excluding hydrogens is 366 g/mol. The lowest BCUT2D eigenvalue weighted by atomic mass is 10.1. The van der Waals surface area contributed by atoms with Gasteiger partial charge in [0.1, 0.15) is 0 Å². The molecule has 1 aromatic rings. The van der Waals surface area contributed by atoms with E-state index in [0.29, 0.717) is 5.56 Å². The van der Waals surface area contributed by atoms with Crippen molar-refractivity contribution in [3.63, 3.8) is 0 Å². The first-order chi connectivity index (χ1) is 6.07. The van der Waals surface area contributed by atoms with Crippen LogP contribution in [0.1, 0.15) is 15.9 Å². The molecule has 0 atom stereocenters. The van der Waals surface area contributed by atoms with E-state index >= 15 is 0 Å². The Morgan fingerprint density at radius 1 is 1.62 bits per heavy atom. The number of hydrogen-bond acceptors (Lipinski definition) is 1. The Bertz CT molecular complexity index is 352. The molecule has 13 heavy (non-hydrogen) atoms. The average molecular weight is 373 g/mol. The number of carbonyl (C=O) groups is 1. The van der Waals surface area contributed by atoms with Crippen molar-refractivity contribution in [2.45, 2.75) is 6.92 Å². The molecule has 0 fully saturated rings. The third-order valence-corrected chi connectivity index (χ3v) is 4.23. The molecule has 0 unspecified atom stereocenters. The molecule has 0 aliphatic rings. The fraction of sp³-hybridized carbons (Fsp3) is 0.222. The number of alkyl halides is 1. The number of Topliss-reactive ketones (excluding diaryl/α,β-unsaturated/α-hetero) is 1. The maximum Gasteiger partial charge on any atom is 0.178 e. The number of ketones is 1. The summed E-state index contributed by atoms with van der Waals surface area (Å²) in [6.45, 7) is 1.97. The van der Waals surface area contributed by atoms with Gasteiger partial charge in [0.15, 0.2) is 5.78 Å². The van der Waals surface area contributed by atoms with Crippen molar-refractivity contribution in [3.8, 4) is 0 Å². The minimum absolute atomic E-state index is 0.0262. The molecule has 4 heteroatoms. The van der Waals surface area contributed by atoms with Crippen molar-refractivity contribution in [2.75, 3.05) is 5.88 Å². The van der Waals surface area contributed by atoms with Crippen molar-refractivity contribution < 1.29 is 4.79 Å². The lowest BCUT2D eigenvalue weighted by molar-refractivity contribution is 0.102. The van der Waals surface area contributed by atoms with Crippen LogP contribution in [0.3, 0.4) is 0 Å². The van der Waals surface area contributed by atoms with Crippen molar-refractivity contribution in [1.82, 2.24) is 0 Å². The molecule has 1 nitrogen and oxygen atoms in total. The van der Waals surface area contributed by atoms with Gasteiger partial charge in [-0.25, -0.2) is 0 Å². The van der Waals surface area contributed by atoms with Crippen LogP contribution in [0.5, 0.6) is 0 Å². The minimum atomic E-state index is -0.0262. The largest absolute Gasteiger partial charge is 0.293 e. The zero-order chi connectivity index (χ0) is 10.0. The second kappa shape index (κ2) is 4.75. The zero-order valence-electron chi connectivity index (χ0n) is 6.90. The predicted octanol–water partition coefficient (Wildman–Crippen LogP) is 3.78. The highest BCUT2D eigenvalue weighted by Gasteiger charge is 2.11. The van der Waals surface area contributed by atoms with Gasteiger partial charge in [0.2, 0.25) is 0 Å². The molecule has 0 saturated heterocycles. The van der Waals surface area contributed by atoms with Crippen LogP contribution in [0.15, 0.2) is 16.6 Å². The lowest BCUT2D eigenvalue weighted by Crippen LogP contribution is -2.04. The maximum atomic E-state index is 11.3. The molecule has 0 amide bonds. The fourth-order valence-corrected chi connectivity index (χ4v) is 2.56. The van der Waals surface area contributed by atoms with Crippen molar-refractivity contribution >= 4 is 55.9 Å². The second-order valence-electron chi connectivity index (χ2n) is 2.59. The molecule has 0 spiro atoms. The highest BCUT2D eigenvalue weighted by molar-refractivity contribution is 14.1. The van der Waals surface area contributed by atoms with Gasteiger partial charge in [-0.05, 0) is 47.2 Å². The van der Waals surface area contributed by atoms with Crippen LogP contribution in [0.2, 0.25) is 0 Å². The Morgan fingerprint density at radius 3 is 2.77 bits per heavy atom. The van der Waals surface area contributed by atoms with Crippen LogP contribution in [0, 0.1) is 10.5 Å². The number of rotatable bonds is 2. The molecule has 0 aliphatic heterocycles. The van der Waals surface area contributed by atoms with Crippen LogP contribution < -0.4 is 0 Å². The van der Waals surface area contributed by atoms with Crippen molar-refractivity contribution in [3.05, 3.63) is 31.3 Å². The van der Waals surface area contributed by atoms with Crippen LogP contribution in [-0.2, 0) is 0 Å². The van der Waals surface area contributed by atoms with E-state index in [4.69, 9.17) is 11.6 Å². The summed E-state index contributed by atoms with van der Waals surface area (Å²) in [5.74, 6) is 0.0125. The summed E-state index contributed by atoms with van der Waals surface area (Å²) < 4.78 is 1.99.